The highest BCUT2D eigenvalue weighted by molar-refractivity contribution is 14.2. The Bertz CT molecular complexity index is 1060. The van der Waals surface area contributed by atoms with Crippen LogP contribution in [0.3, 0.4) is 0 Å². The van der Waals surface area contributed by atoms with Gasteiger partial charge in [0.05, 0.1) is 5.69 Å². The number of halogens is 3. The lowest BCUT2D eigenvalue weighted by molar-refractivity contribution is 0.629. The molecule has 0 unspecified atom stereocenters. The second-order valence-electron chi connectivity index (χ2n) is 5.10. The van der Waals surface area contributed by atoms with Crippen LogP contribution in [-0.4, -0.2) is 18.5 Å². The Morgan fingerprint density at radius 2 is 2.04 bits per heavy atom. The molecule has 3 aromatic heterocycles. The summed E-state index contributed by atoms with van der Waals surface area (Å²) in [7, 11) is 3.43. The number of benzene rings is 1. The van der Waals surface area contributed by atoms with Crippen molar-refractivity contribution in [3.8, 4) is 11.3 Å². The van der Waals surface area contributed by atoms with Gasteiger partial charge in [0.2, 0.25) is 5.28 Å². The van der Waals surface area contributed by atoms with Crippen LogP contribution < -0.4 is 0 Å². The smallest absolute Gasteiger partial charge is 0.224 e. The van der Waals surface area contributed by atoms with Gasteiger partial charge in [0.1, 0.15) is 5.82 Å². The maximum atomic E-state index is 13.7. The highest BCUT2D eigenvalue weighted by Crippen LogP contribution is 2.36. The van der Waals surface area contributed by atoms with Gasteiger partial charge in [-0.15, -0.1) is 0 Å². The topological polar surface area (TPSA) is 35.6 Å². The average molecular weight is 459 g/mol. The molecule has 0 spiro atoms. The summed E-state index contributed by atoms with van der Waals surface area (Å²) in [6.45, 7) is 0. The molecule has 0 saturated heterocycles. The summed E-state index contributed by atoms with van der Waals surface area (Å²) in [6, 6.07) is 6.69. The molecule has 0 radical (unpaired) electrons. The van der Waals surface area contributed by atoms with Crippen molar-refractivity contribution in [1.82, 2.24) is 18.5 Å². The molecule has 8 heteroatoms. The summed E-state index contributed by atoms with van der Waals surface area (Å²) in [5.74, 6) is -0.276. The lowest BCUT2D eigenvalue weighted by Crippen LogP contribution is -1.92. The van der Waals surface area contributed by atoms with Crippen molar-refractivity contribution in [2.45, 2.75) is 0 Å². The Morgan fingerprint density at radius 3 is 2.83 bits per heavy atom. The van der Waals surface area contributed by atoms with Crippen LogP contribution >= 0.6 is 41.9 Å². The lowest BCUT2D eigenvalue weighted by Gasteiger charge is -2.04. The molecule has 4 rings (SSSR count). The molecule has 0 atom stereocenters. The van der Waals surface area contributed by atoms with Crippen molar-refractivity contribution in [2.75, 3.05) is 0 Å². The van der Waals surface area contributed by atoms with E-state index in [0.717, 1.165) is 27.5 Å². The standard InChI is InChI=1S/C15H9ClFIN4S/c1-21-7-11(10-6-8(17)2-3-12(10)21)13-9-4-5-22(23-18)14(9)20-15(16)19-13/h2-7H,1H3. The summed E-state index contributed by atoms with van der Waals surface area (Å²) < 4.78 is 17.6. The molecule has 0 saturated carbocycles. The highest BCUT2D eigenvalue weighted by atomic mass is 127. The molecule has 0 fully saturated rings. The Labute approximate surface area is 152 Å². The van der Waals surface area contributed by atoms with Crippen molar-refractivity contribution in [1.29, 1.82) is 0 Å². The van der Waals surface area contributed by atoms with Gasteiger partial charge in [0.25, 0.3) is 0 Å². The van der Waals surface area contributed by atoms with Crippen LogP contribution in [0.4, 0.5) is 4.39 Å². The zero-order valence-corrected chi connectivity index (χ0v) is 15.5. The summed E-state index contributed by atoms with van der Waals surface area (Å²) in [5.41, 5.74) is 3.23. The normalized spacial score (nSPS) is 11.7. The number of rotatable bonds is 2. The van der Waals surface area contributed by atoms with Crippen molar-refractivity contribution in [3.05, 3.63) is 47.8 Å². The first kappa shape index (κ1) is 15.2. The van der Waals surface area contributed by atoms with E-state index in [2.05, 4.69) is 31.2 Å². The number of aromatic nitrogens is 4. The summed E-state index contributed by atoms with van der Waals surface area (Å²) in [6.07, 6.45) is 3.86. The van der Waals surface area contributed by atoms with E-state index in [1.165, 1.54) is 21.3 Å². The summed E-state index contributed by atoms with van der Waals surface area (Å²) >= 11 is 8.30. The number of aryl methyl sites for hydroxylation is 1. The Balaban J connectivity index is 2.10. The number of hydrogen-bond donors (Lipinski definition) is 0. The minimum Gasteiger partial charge on any atom is -0.350 e. The fourth-order valence-corrected chi connectivity index (χ4v) is 4.21. The molecule has 0 N–H and O–H groups in total. The van der Waals surface area contributed by atoms with Crippen LogP contribution in [0.25, 0.3) is 33.2 Å². The fourth-order valence-electron chi connectivity index (χ4n) is 2.78. The van der Waals surface area contributed by atoms with Crippen LogP contribution in [0.5, 0.6) is 0 Å². The second kappa shape index (κ2) is 5.64. The van der Waals surface area contributed by atoms with E-state index < -0.39 is 0 Å². The summed E-state index contributed by atoms with van der Waals surface area (Å²) in [5, 5.41) is 1.86. The molecule has 0 aliphatic carbocycles. The highest BCUT2D eigenvalue weighted by Gasteiger charge is 2.17. The van der Waals surface area contributed by atoms with Gasteiger partial charge in [-0.2, -0.15) is 4.98 Å². The minimum atomic E-state index is -0.276. The van der Waals surface area contributed by atoms with E-state index in [1.54, 1.807) is 6.07 Å². The van der Waals surface area contributed by atoms with Crippen LogP contribution in [0, 0.1) is 5.82 Å². The molecule has 1 aromatic carbocycles. The second-order valence-corrected chi connectivity index (χ2v) is 7.16. The first-order valence-electron chi connectivity index (χ1n) is 6.67. The molecule has 0 bridgehead atoms. The maximum Gasteiger partial charge on any atom is 0.224 e. The molecule has 116 valence electrons. The molecule has 23 heavy (non-hydrogen) atoms. The van der Waals surface area contributed by atoms with E-state index in [0.29, 0.717) is 5.69 Å². The van der Waals surface area contributed by atoms with Crippen LogP contribution in [0.15, 0.2) is 36.7 Å². The van der Waals surface area contributed by atoms with Crippen molar-refractivity contribution in [3.63, 3.8) is 0 Å². The molecule has 0 aliphatic heterocycles. The third-order valence-electron chi connectivity index (χ3n) is 3.76. The monoisotopic (exact) mass is 458 g/mol. The van der Waals surface area contributed by atoms with Crippen LogP contribution in [0.2, 0.25) is 5.28 Å². The van der Waals surface area contributed by atoms with E-state index in [9.17, 15) is 4.39 Å². The number of hydrogen-bond acceptors (Lipinski definition) is 3. The van der Waals surface area contributed by atoms with Crippen molar-refractivity contribution in [2.24, 2.45) is 7.05 Å². The zero-order chi connectivity index (χ0) is 16.1. The van der Waals surface area contributed by atoms with Gasteiger partial charge in [0, 0.05) is 71.6 Å². The molecule has 3 heterocycles. The Hall–Kier alpha value is -1.32. The molecule has 4 aromatic rings. The SMILES string of the molecule is Cn1cc(-c2nc(Cl)nc3c2ccn3SI)c2cc(F)ccc21. The third kappa shape index (κ3) is 2.41. The first-order chi connectivity index (χ1) is 11.1. The molecule has 4 nitrogen and oxygen atoms in total. The average Bonchev–Trinajstić information content (AvgIpc) is 3.07. The predicted octanol–water partition coefficient (Wildman–Crippen LogP) is 5.23. The Morgan fingerprint density at radius 1 is 1.22 bits per heavy atom. The van der Waals surface area contributed by atoms with Gasteiger partial charge >= 0.3 is 0 Å². The molecule has 0 amide bonds. The quantitative estimate of drug-likeness (QED) is 0.305. The Kier molecular flexibility index (Phi) is 3.73. The molecular formula is C15H9ClFIN4S. The van der Waals surface area contributed by atoms with Crippen molar-refractivity contribution >= 4 is 63.9 Å². The van der Waals surface area contributed by atoms with E-state index >= 15 is 0 Å². The van der Waals surface area contributed by atoms with Gasteiger partial charge in [-0.05, 0) is 35.9 Å². The molecule has 0 aliphatic rings. The maximum absolute atomic E-state index is 13.7. The van der Waals surface area contributed by atoms with Gasteiger partial charge in [-0.1, -0.05) is 0 Å². The van der Waals surface area contributed by atoms with Gasteiger partial charge in [-0.25, -0.2) is 9.37 Å². The fraction of sp³-hybridized carbons (Fsp3) is 0.0667. The predicted molar refractivity (Wildman–Crippen MR) is 101 cm³/mol. The van der Waals surface area contributed by atoms with E-state index in [4.69, 9.17) is 11.6 Å². The largest absolute Gasteiger partial charge is 0.350 e. The van der Waals surface area contributed by atoms with Crippen LogP contribution in [0.1, 0.15) is 0 Å². The van der Waals surface area contributed by atoms with Gasteiger partial charge in [-0.3, -0.25) is 3.97 Å². The first-order valence-corrected chi connectivity index (χ1v) is 10.4. The van der Waals surface area contributed by atoms with Gasteiger partial charge < -0.3 is 4.57 Å². The zero-order valence-electron chi connectivity index (χ0n) is 11.8. The van der Waals surface area contributed by atoms with Crippen molar-refractivity contribution < 1.29 is 4.39 Å². The minimum absolute atomic E-state index is 0.173. The number of nitrogens with zero attached hydrogens (tertiary/aromatic N) is 4. The number of fused-ring (bicyclic) bond motifs is 2. The van der Waals surface area contributed by atoms with E-state index in [1.807, 2.05) is 34.0 Å². The summed E-state index contributed by atoms with van der Waals surface area (Å²) in [4.78, 5) is 8.71. The lowest BCUT2D eigenvalue weighted by atomic mass is 10.1. The molecular weight excluding hydrogens is 450 g/mol. The van der Waals surface area contributed by atoms with E-state index in [-0.39, 0.29) is 11.1 Å². The van der Waals surface area contributed by atoms with Gasteiger partial charge in [0.15, 0.2) is 5.65 Å². The van der Waals surface area contributed by atoms with Crippen LogP contribution in [-0.2, 0) is 7.05 Å². The third-order valence-corrected chi connectivity index (χ3v) is 5.65.